The maximum absolute atomic E-state index is 12.4. The van der Waals surface area contributed by atoms with Crippen molar-refractivity contribution in [1.29, 1.82) is 0 Å². The molecule has 0 aliphatic rings. The molecule has 1 amide bonds. The molecule has 2 aromatic carbocycles. The molecule has 1 heterocycles. The van der Waals surface area contributed by atoms with Crippen molar-refractivity contribution < 1.29 is 23.5 Å². The van der Waals surface area contributed by atoms with E-state index in [1.807, 2.05) is 0 Å². The summed E-state index contributed by atoms with van der Waals surface area (Å²) in [7, 11) is 1.46. The Hall–Kier alpha value is -3.61. The van der Waals surface area contributed by atoms with E-state index in [9.17, 15) is 14.4 Å². The number of ether oxygens (including phenoxy) is 2. The van der Waals surface area contributed by atoms with Gasteiger partial charge in [-0.25, -0.2) is 9.59 Å². The van der Waals surface area contributed by atoms with Gasteiger partial charge in [0.05, 0.1) is 7.11 Å². The summed E-state index contributed by atoms with van der Waals surface area (Å²) in [6.45, 7) is 2.15. The van der Waals surface area contributed by atoms with Crippen LogP contribution in [0.2, 0.25) is 0 Å². The first-order valence-corrected chi connectivity index (χ1v) is 8.24. The molecule has 0 atom stereocenters. The third-order valence-corrected chi connectivity index (χ3v) is 3.83. The normalized spacial score (nSPS) is 10.4. The third-order valence-electron chi connectivity index (χ3n) is 3.83. The van der Waals surface area contributed by atoms with Gasteiger partial charge in [-0.1, -0.05) is 12.1 Å². The molecule has 0 spiro atoms. The SMILES string of the molecule is CCNC(=O)c1cc2ccc(OC(=O)c3ccccc3OC)cc2oc1=O. The van der Waals surface area contributed by atoms with Gasteiger partial charge in [0.1, 0.15) is 28.2 Å². The third kappa shape index (κ3) is 3.82. The molecule has 0 aliphatic carbocycles. The molecule has 1 aromatic heterocycles. The van der Waals surface area contributed by atoms with Gasteiger partial charge in [0, 0.05) is 18.0 Å². The van der Waals surface area contributed by atoms with Gasteiger partial charge in [-0.15, -0.1) is 0 Å². The van der Waals surface area contributed by atoms with Crippen LogP contribution in [0.3, 0.4) is 0 Å². The molecule has 0 fully saturated rings. The Kier molecular flexibility index (Phi) is 5.21. The molecule has 27 heavy (non-hydrogen) atoms. The van der Waals surface area contributed by atoms with Crippen LogP contribution in [0.1, 0.15) is 27.6 Å². The van der Waals surface area contributed by atoms with E-state index in [1.54, 1.807) is 43.3 Å². The van der Waals surface area contributed by atoms with Gasteiger partial charge < -0.3 is 19.2 Å². The fraction of sp³-hybridized carbons (Fsp3) is 0.150. The van der Waals surface area contributed by atoms with Crippen LogP contribution in [0.5, 0.6) is 11.5 Å². The van der Waals surface area contributed by atoms with Crippen molar-refractivity contribution in [3.8, 4) is 11.5 Å². The molecule has 3 rings (SSSR count). The molecule has 0 saturated carbocycles. The van der Waals surface area contributed by atoms with Crippen molar-refractivity contribution in [3.63, 3.8) is 0 Å². The zero-order valence-corrected chi connectivity index (χ0v) is 14.8. The van der Waals surface area contributed by atoms with Crippen LogP contribution >= 0.6 is 0 Å². The summed E-state index contributed by atoms with van der Waals surface area (Å²) in [5.74, 6) is -0.512. The van der Waals surface area contributed by atoms with E-state index in [0.29, 0.717) is 17.7 Å². The Morgan fingerprint density at radius 1 is 1.07 bits per heavy atom. The van der Waals surface area contributed by atoms with E-state index in [1.165, 1.54) is 19.2 Å². The fourth-order valence-corrected chi connectivity index (χ4v) is 2.54. The van der Waals surface area contributed by atoms with Gasteiger partial charge in [-0.05, 0) is 37.3 Å². The minimum absolute atomic E-state index is 0.0804. The van der Waals surface area contributed by atoms with Crippen LogP contribution in [0.25, 0.3) is 11.0 Å². The highest BCUT2D eigenvalue weighted by Crippen LogP contribution is 2.24. The molecule has 0 unspecified atom stereocenters. The zero-order valence-electron chi connectivity index (χ0n) is 14.8. The summed E-state index contributed by atoms with van der Waals surface area (Å²) in [5.41, 5.74) is -0.365. The van der Waals surface area contributed by atoms with Crippen LogP contribution in [0.15, 0.2) is 57.7 Å². The predicted octanol–water partition coefficient (Wildman–Crippen LogP) is 2.77. The number of para-hydroxylation sites is 1. The number of benzene rings is 2. The van der Waals surface area contributed by atoms with Crippen molar-refractivity contribution in [1.82, 2.24) is 5.32 Å². The molecular weight excluding hydrogens is 350 g/mol. The second kappa shape index (κ2) is 7.74. The molecule has 7 heteroatoms. The highest BCUT2D eigenvalue weighted by atomic mass is 16.5. The maximum atomic E-state index is 12.4. The minimum Gasteiger partial charge on any atom is -0.496 e. The molecule has 0 saturated heterocycles. The summed E-state index contributed by atoms with van der Waals surface area (Å²) in [6, 6.07) is 12.7. The zero-order chi connectivity index (χ0) is 19.4. The Labute approximate surface area is 154 Å². The van der Waals surface area contributed by atoms with Crippen LogP contribution in [0.4, 0.5) is 0 Å². The first-order valence-electron chi connectivity index (χ1n) is 8.24. The number of methoxy groups -OCH3 is 1. The van der Waals surface area contributed by atoms with Crippen molar-refractivity contribution >= 4 is 22.8 Å². The van der Waals surface area contributed by atoms with Gasteiger partial charge in [0.25, 0.3) is 5.91 Å². The lowest BCUT2D eigenvalue weighted by Gasteiger charge is -2.09. The quantitative estimate of drug-likeness (QED) is 0.423. The van der Waals surface area contributed by atoms with Crippen LogP contribution in [0, 0.1) is 0 Å². The van der Waals surface area contributed by atoms with E-state index < -0.39 is 17.5 Å². The van der Waals surface area contributed by atoms with E-state index >= 15 is 0 Å². The van der Waals surface area contributed by atoms with Crippen molar-refractivity contribution in [2.24, 2.45) is 0 Å². The average molecular weight is 367 g/mol. The van der Waals surface area contributed by atoms with Crippen LogP contribution < -0.4 is 20.4 Å². The minimum atomic E-state index is -0.762. The smallest absolute Gasteiger partial charge is 0.349 e. The monoisotopic (exact) mass is 367 g/mol. The molecule has 0 radical (unpaired) electrons. The van der Waals surface area contributed by atoms with Gasteiger partial charge in [-0.2, -0.15) is 0 Å². The number of hydrogen-bond donors (Lipinski definition) is 1. The summed E-state index contributed by atoms with van der Waals surface area (Å²) in [5, 5.41) is 3.09. The van der Waals surface area contributed by atoms with E-state index in [-0.39, 0.29) is 22.5 Å². The largest absolute Gasteiger partial charge is 0.496 e. The number of amides is 1. The first-order chi connectivity index (χ1) is 13.0. The molecule has 1 N–H and O–H groups in total. The Balaban J connectivity index is 1.91. The maximum Gasteiger partial charge on any atom is 0.349 e. The lowest BCUT2D eigenvalue weighted by Crippen LogP contribution is -2.27. The van der Waals surface area contributed by atoms with Crippen LogP contribution in [-0.2, 0) is 0 Å². The van der Waals surface area contributed by atoms with E-state index in [4.69, 9.17) is 13.9 Å². The summed E-state index contributed by atoms with van der Waals surface area (Å²) in [6.07, 6.45) is 0. The summed E-state index contributed by atoms with van der Waals surface area (Å²) >= 11 is 0. The molecule has 0 bridgehead atoms. The van der Waals surface area contributed by atoms with E-state index in [0.717, 1.165) is 0 Å². The van der Waals surface area contributed by atoms with Crippen molar-refractivity contribution in [2.75, 3.05) is 13.7 Å². The number of fused-ring (bicyclic) bond motifs is 1. The topological polar surface area (TPSA) is 94.8 Å². The molecule has 3 aromatic rings. The average Bonchev–Trinajstić information content (AvgIpc) is 2.67. The van der Waals surface area contributed by atoms with Gasteiger partial charge in [0.2, 0.25) is 0 Å². The lowest BCUT2D eigenvalue weighted by atomic mass is 10.1. The fourth-order valence-electron chi connectivity index (χ4n) is 2.54. The van der Waals surface area contributed by atoms with Gasteiger partial charge in [0.15, 0.2) is 0 Å². The highest BCUT2D eigenvalue weighted by molar-refractivity contribution is 5.97. The molecular formula is C20H17NO6. The number of carbonyl (C=O) groups is 2. The van der Waals surface area contributed by atoms with Crippen molar-refractivity contribution in [2.45, 2.75) is 6.92 Å². The Morgan fingerprint density at radius 3 is 2.59 bits per heavy atom. The molecule has 138 valence electrons. The highest BCUT2D eigenvalue weighted by Gasteiger charge is 2.16. The van der Waals surface area contributed by atoms with Crippen LogP contribution in [-0.4, -0.2) is 25.5 Å². The second-order valence-corrected chi connectivity index (χ2v) is 5.60. The summed E-state index contributed by atoms with van der Waals surface area (Å²) in [4.78, 5) is 36.3. The van der Waals surface area contributed by atoms with Gasteiger partial charge in [-0.3, -0.25) is 4.79 Å². The second-order valence-electron chi connectivity index (χ2n) is 5.60. The number of carbonyl (C=O) groups excluding carboxylic acids is 2. The standard InChI is InChI=1S/C20H17NO6/c1-3-21-18(22)15-10-12-8-9-13(11-17(12)27-20(15)24)26-19(23)14-6-4-5-7-16(14)25-2/h4-11H,3H2,1-2H3,(H,21,22). The molecule has 7 nitrogen and oxygen atoms in total. The number of hydrogen-bond acceptors (Lipinski definition) is 6. The van der Waals surface area contributed by atoms with Gasteiger partial charge >= 0.3 is 11.6 Å². The van der Waals surface area contributed by atoms with E-state index in [2.05, 4.69) is 5.32 Å². The Morgan fingerprint density at radius 2 is 1.85 bits per heavy atom. The predicted molar refractivity (Wildman–Crippen MR) is 98.4 cm³/mol. The number of nitrogens with one attached hydrogen (secondary N) is 1. The molecule has 0 aliphatic heterocycles. The van der Waals surface area contributed by atoms with Crippen molar-refractivity contribution in [3.05, 3.63) is 70.1 Å². The Bertz CT molecular complexity index is 1070. The lowest BCUT2D eigenvalue weighted by molar-refractivity contribution is 0.0731. The number of esters is 1. The number of rotatable bonds is 5. The first kappa shape index (κ1) is 18.2. The summed E-state index contributed by atoms with van der Waals surface area (Å²) < 4.78 is 15.7.